The van der Waals surface area contributed by atoms with Gasteiger partial charge in [0.2, 0.25) is 0 Å². The Morgan fingerprint density at radius 1 is 0.958 bits per heavy atom. The predicted octanol–water partition coefficient (Wildman–Crippen LogP) is 4.63. The van der Waals surface area contributed by atoms with Crippen molar-refractivity contribution in [1.82, 2.24) is 0 Å². The maximum absolute atomic E-state index is 12.0. The number of nitro groups is 1. The van der Waals surface area contributed by atoms with Gasteiger partial charge >= 0.3 is 6.16 Å². The van der Waals surface area contributed by atoms with Gasteiger partial charge in [-0.15, -0.1) is 0 Å². The van der Waals surface area contributed by atoms with Crippen molar-refractivity contribution in [3.8, 4) is 11.5 Å². The average Bonchev–Trinajstić information content (AvgIpc) is 2.57. The Kier molecular flexibility index (Phi) is 4.11. The van der Waals surface area contributed by atoms with Crippen LogP contribution in [0.25, 0.3) is 10.8 Å². The van der Waals surface area contributed by atoms with Crippen molar-refractivity contribution in [1.29, 1.82) is 0 Å². The number of hydrogen-bond donors (Lipinski definition) is 0. The van der Waals surface area contributed by atoms with Crippen molar-refractivity contribution in [2.45, 2.75) is 6.92 Å². The quantitative estimate of drug-likeness (QED) is 0.304. The highest BCUT2D eigenvalue weighted by Gasteiger charge is 2.14. The summed E-state index contributed by atoms with van der Waals surface area (Å²) < 4.78 is 10.4. The molecule has 3 rings (SSSR count). The highest BCUT2D eigenvalue weighted by molar-refractivity contribution is 5.89. The van der Waals surface area contributed by atoms with Crippen molar-refractivity contribution >= 4 is 22.6 Å². The SMILES string of the molecule is Cc1cc([N+](=O)[O-])ccc1OC(=O)Oc1cccc2ccccc12. The molecular formula is C18H13NO5. The van der Waals surface area contributed by atoms with Crippen molar-refractivity contribution in [2.24, 2.45) is 0 Å². The van der Waals surface area contributed by atoms with E-state index in [1.807, 2.05) is 30.3 Å². The molecule has 3 aromatic carbocycles. The molecule has 24 heavy (non-hydrogen) atoms. The summed E-state index contributed by atoms with van der Waals surface area (Å²) in [6.07, 6.45) is -0.900. The van der Waals surface area contributed by atoms with Gasteiger partial charge < -0.3 is 9.47 Å². The molecule has 0 aliphatic carbocycles. The Balaban J connectivity index is 1.79. The Hall–Kier alpha value is -3.41. The number of rotatable bonds is 3. The van der Waals surface area contributed by atoms with E-state index >= 15 is 0 Å². The summed E-state index contributed by atoms with van der Waals surface area (Å²) in [5.74, 6) is 0.600. The van der Waals surface area contributed by atoms with Gasteiger partial charge in [0, 0.05) is 17.5 Å². The van der Waals surface area contributed by atoms with Crippen LogP contribution in [-0.4, -0.2) is 11.1 Å². The van der Waals surface area contributed by atoms with E-state index in [4.69, 9.17) is 9.47 Å². The highest BCUT2D eigenvalue weighted by atomic mass is 16.7. The lowest BCUT2D eigenvalue weighted by atomic mass is 10.1. The zero-order valence-corrected chi connectivity index (χ0v) is 12.8. The summed E-state index contributed by atoms with van der Waals surface area (Å²) in [6, 6.07) is 16.8. The Bertz CT molecular complexity index is 930. The first-order valence-corrected chi connectivity index (χ1v) is 7.17. The second-order valence-corrected chi connectivity index (χ2v) is 5.14. The molecule has 120 valence electrons. The standard InChI is InChI=1S/C18H13NO5/c1-12-11-14(19(21)22)9-10-16(12)23-18(20)24-17-8-4-6-13-5-2-3-7-15(13)17/h2-11H,1H3. The third kappa shape index (κ3) is 3.17. The topological polar surface area (TPSA) is 78.7 Å². The van der Waals surface area contributed by atoms with Crippen LogP contribution in [0.15, 0.2) is 60.7 Å². The Morgan fingerprint density at radius 3 is 2.42 bits per heavy atom. The first-order valence-electron chi connectivity index (χ1n) is 7.17. The van der Waals surface area contributed by atoms with Crippen molar-refractivity contribution in [3.63, 3.8) is 0 Å². The molecule has 0 heterocycles. The number of hydrogen-bond acceptors (Lipinski definition) is 5. The van der Waals surface area contributed by atoms with Gasteiger partial charge in [-0.25, -0.2) is 4.79 Å². The van der Waals surface area contributed by atoms with Crippen molar-refractivity contribution < 1.29 is 19.2 Å². The fourth-order valence-corrected chi connectivity index (χ4v) is 2.35. The molecule has 0 unspecified atom stereocenters. The van der Waals surface area contributed by atoms with Crippen LogP contribution in [0.2, 0.25) is 0 Å². The lowest BCUT2D eigenvalue weighted by Gasteiger charge is -2.09. The van der Waals surface area contributed by atoms with Crippen LogP contribution in [0.4, 0.5) is 10.5 Å². The molecule has 6 heteroatoms. The number of aryl methyl sites for hydroxylation is 1. The van der Waals surface area contributed by atoms with E-state index in [0.717, 1.165) is 10.8 Å². The lowest BCUT2D eigenvalue weighted by Crippen LogP contribution is -2.14. The maximum atomic E-state index is 12.0. The fraction of sp³-hybridized carbons (Fsp3) is 0.0556. The minimum atomic E-state index is -0.900. The summed E-state index contributed by atoms with van der Waals surface area (Å²) >= 11 is 0. The monoisotopic (exact) mass is 323 g/mol. The van der Waals surface area contributed by atoms with Crippen molar-refractivity contribution in [3.05, 3.63) is 76.3 Å². The summed E-state index contributed by atoms with van der Waals surface area (Å²) in [5, 5.41) is 12.5. The van der Waals surface area contributed by atoms with Gasteiger partial charge in [0.15, 0.2) is 0 Å². The lowest BCUT2D eigenvalue weighted by molar-refractivity contribution is -0.384. The van der Waals surface area contributed by atoms with Crippen LogP contribution in [0.5, 0.6) is 11.5 Å². The fourth-order valence-electron chi connectivity index (χ4n) is 2.35. The number of carbonyl (C=O) groups excluding carboxylic acids is 1. The molecule has 0 aliphatic rings. The van der Waals surface area contributed by atoms with E-state index in [9.17, 15) is 14.9 Å². The molecule has 0 N–H and O–H groups in total. The molecule has 0 atom stereocenters. The smallest absolute Gasteiger partial charge is 0.394 e. The number of nitrogens with zero attached hydrogens (tertiary/aromatic N) is 1. The van der Waals surface area contributed by atoms with Gasteiger partial charge in [0.25, 0.3) is 5.69 Å². The van der Waals surface area contributed by atoms with Gasteiger partial charge in [-0.3, -0.25) is 10.1 Å². The van der Waals surface area contributed by atoms with E-state index in [0.29, 0.717) is 11.3 Å². The second-order valence-electron chi connectivity index (χ2n) is 5.14. The van der Waals surface area contributed by atoms with Gasteiger partial charge in [-0.05, 0) is 30.0 Å². The number of carbonyl (C=O) groups is 1. The van der Waals surface area contributed by atoms with Crippen molar-refractivity contribution in [2.75, 3.05) is 0 Å². The minimum absolute atomic E-state index is 0.0673. The number of fused-ring (bicyclic) bond motifs is 1. The summed E-state index contributed by atoms with van der Waals surface area (Å²) in [4.78, 5) is 22.2. The normalized spacial score (nSPS) is 10.4. The summed E-state index contributed by atoms with van der Waals surface area (Å²) in [7, 11) is 0. The zero-order valence-electron chi connectivity index (χ0n) is 12.8. The predicted molar refractivity (Wildman–Crippen MR) is 88.4 cm³/mol. The Labute approximate surface area is 137 Å². The second kappa shape index (κ2) is 6.37. The van der Waals surface area contributed by atoms with Gasteiger partial charge in [-0.2, -0.15) is 0 Å². The summed E-state index contributed by atoms with van der Waals surface area (Å²) in [6.45, 7) is 1.62. The van der Waals surface area contributed by atoms with Crippen LogP contribution in [-0.2, 0) is 0 Å². The third-order valence-electron chi connectivity index (χ3n) is 3.51. The number of nitro benzene ring substituents is 1. The zero-order chi connectivity index (χ0) is 17.1. The molecule has 3 aromatic rings. The van der Waals surface area contributed by atoms with E-state index in [1.54, 1.807) is 19.1 Å². The largest absolute Gasteiger partial charge is 0.519 e. The van der Waals surface area contributed by atoms with E-state index < -0.39 is 11.1 Å². The molecule has 0 saturated heterocycles. The van der Waals surface area contributed by atoms with Crippen LogP contribution in [0.3, 0.4) is 0 Å². The molecule has 0 aromatic heterocycles. The molecular weight excluding hydrogens is 310 g/mol. The summed E-state index contributed by atoms with van der Waals surface area (Å²) in [5.41, 5.74) is 0.404. The van der Waals surface area contributed by atoms with Crippen LogP contribution >= 0.6 is 0 Å². The van der Waals surface area contributed by atoms with E-state index in [-0.39, 0.29) is 11.4 Å². The first kappa shape index (κ1) is 15.5. The van der Waals surface area contributed by atoms with Gasteiger partial charge in [0.05, 0.1) is 4.92 Å². The first-order chi connectivity index (χ1) is 11.5. The van der Waals surface area contributed by atoms with Crippen LogP contribution < -0.4 is 9.47 Å². The van der Waals surface area contributed by atoms with Crippen LogP contribution in [0, 0.1) is 17.0 Å². The minimum Gasteiger partial charge on any atom is -0.394 e. The van der Waals surface area contributed by atoms with Crippen LogP contribution in [0.1, 0.15) is 5.56 Å². The molecule has 0 spiro atoms. The molecule has 0 amide bonds. The molecule has 0 aliphatic heterocycles. The molecule has 0 saturated carbocycles. The van der Waals surface area contributed by atoms with Gasteiger partial charge in [-0.1, -0.05) is 36.4 Å². The highest BCUT2D eigenvalue weighted by Crippen LogP contribution is 2.27. The average molecular weight is 323 g/mol. The third-order valence-corrected chi connectivity index (χ3v) is 3.51. The maximum Gasteiger partial charge on any atom is 0.519 e. The van der Waals surface area contributed by atoms with E-state index in [2.05, 4.69) is 0 Å². The number of benzene rings is 3. The number of non-ortho nitro benzene ring substituents is 1. The Morgan fingerprint density at radius 2 is 1.67 bits per heavy atom. The number of ether oxygens (including phenoxy) is 2. The molecule has 0 radical (unpaired) electrons. The van der Waals surface area contributed by atoms with Gasteiger partial charge in [0.1, 0.15) is 11.5 Å². The molecule has 6 nitrogen and oxygen atoms in total. The molecule has 0 bridgehead atoms. The molecule has 0 fully saturated rings. The van der Waals surface area contributed by atoms with E-state index in [1.165, 1.54) is 18.2 Å².